The van der Waals surface area contributed by atoms with Gasteiger partial charge in [0.2, 0.25) is 10.0 Å². The van der Waals surface area contributed by atoms with Crippen LogP contribution in [-0.4, -0.2) is 46.7 Å². The number of primary sulfonamides is 1. The number of halogens is 1. The summed E-state index contributed by atoms with van der Waals surface area (Å²) in [4.78, 5) is 2.23. The van der Waals surface area contributed by atoms with Crippen molar-refractivity contribution in [2.45, 2.75) is 15.3 Å². The molecule has 2 aliphatic rings. The van der Waals surface area contributed by atoms with Gasteiger partial charge in [-0.05, 0) is 0 Å². The van der Waals surface area contributed by atoms with E-state index in [0.717, 1.165) is 11.5 Å². The summed E-state index contributed by atoms with van der Waals surface area (Å²) in [5, 5.41) is 4.74. The lowest BCUT2D eigenvalue weighted by Gasteiger charge is -2.50. The monoisotopic (exact) mass is 334 g/mol. The van der Waals surface area contributed by atoms with Crippen LogP contribution in [0.5, 0.6) is 0 Å². The van der Waals surface area contributed by atoms with Crippen molar-refractivity contribution in [2.75, 3.05) is 18.1 Å². The Kier molecular flexibility index (Phi) is 2.83. The van der Waals surface area contributed by atoms with Crippen LogP contribution in [0.1, 0.15) is 0 Å². The van der Waals surface area contributed by atoms with E-state index in [1.165, 1.54) is 0 Å². The van der Waals surface area contributed by atoms with Gasteiger partial charge in [0.05, 0.1) is 4.05 Å². The quantitative estimate of drug-likeness (QED) is 0.433. The first-order valence-corrected chi connectivity index (χ1v) is 8.00. The molecule has 0 bridgehead atoms. The molecule has 2 aliphatic heterocycles. The summed E-state index contributed by atoms with van der Waals surface area (Å²) in [6, 6.07) is 0.588. The molecule has 7 heteroatoms. The molecule has 2 N–H and O–H groups in total. The minimum atomic E-state index is -3.32. The maximum absolute atomic E-state index is 11.0. The summed E-state index contributed by atoms with van der Waals surface area (Å²) in [5.41, 5.74) is 0. The molecular formula is C6H11IN2O2S2. The number of likely N-dealkylation sites (tertiary alicyclic amines) is 1. The molecule has 2 saturated heterocycles. The Morgan fingerprint density at radius 3 is 2.38 bits per heavy atom. The predicted octanol–water partition coefficient (Wildman–Crippen LogP) is -0.164. The Balaban J connectivity index is 1.96. The molecule has 2 atom stereocenters. The van der Waals surface area contributed by atoms with E-state index in [2.05, 4.69) is 27.5 Å². The molecule has 13 heavy (non-hydrogen) atoms. The maximum atomic E-state index is 11.0. The van der Waals surface area contributed by atoms with Gasteiger partial charge in [0, 0.05) is 24.1 Å². The van der Waals surface area contributed by atoms with Crippen LogP contribution in [0.2, 0.25) is 0 Å². The van der Waals surface area contributed by atoms with Gasteiger partial charge in [0.15, 0.2) is 0 Å². The highest BCUT2D eigenvalue weighted by molar-refractivity contribution is 14.1. The van der Waals surface area contributed by atoms with Crippen LogP contribution < -0.4 is 5.14 Å². The molecule has 2 unspecified atom stereocenters. The average Bonchev–Trinajstić information content (AvgIpc) is 1.89. The third-order valence-corrected chi connectivity index (χ3v) is 7.09. The van der Waals surface area contributed by atoms with Crippen LogP contribution >= 0.6 is 34.4 Å². The summed E-state index contributed by atoms with van der Waals surface area (Å²) in [6.45, 7) is 0.623. The molecule has 0 spiro atoms. The van der Waals surface area contributed by atoms with E-state index in [1.807, 2.05) is 11.8 Å². The maximum Gasteiger partial charge on any atom is 0.215 e. The average molecular weight is 334 g/mol. The van der Waals surface area contributed by atoms with Crippen molar-refractivity contribution in [1.29, 1.82) is 0 Å². The van der Waals surface area contributed by atoms with Crippen LogP contribution in [0.3, 0.4) is 0 Å². The van der Waals surface area contributed by atoms with E-state index in [4.69, 9.17) is 5.14 Å². The van der Waals surface area contributed by atoms with Crippen molar-refractivity contribution < 1.29 is 8.42 Å². The minimum Gasteiger partial charge on any atom is -0.284 e. The van der Waals surface area contributed by atoms with Gasteiger partial charge in [-0.3, -0.25) is 4.90 Å². The minimum absolute atomic E-state index is 0.0819. The standard InChI is InChI=1S/C6H11IN2O2S2/c7-6-5(13(8,10)11)1-9(6)4-2-12-3-4/h4-6H,1-3H2,(H2,8,10,11). The molecule has 0 aromatic heterocycles. The van der Waals surface area contributed by atoms with E-state index in [0.29, 0.717) is 12.6 Å². The van der Waals surface area contributed by atoms with E-state index in [-0.39, 0.29) is 9.30 Å². The summed E-state index contributed by atoms with van der Waals surface area (Å²) < 4.78 is 22.2. The molecular weight excluding hydrogens is 323 g/mol. The Morgan fingerprint density at radius 1 is 1.46 bits per heavy atom. The van der Waals surface area contributed by atoms with Crippen molar-refractivity contribution >= 4 is 44.4 Å². The number of hydrogen-bond donors (Lipinski definition) is 1. The number of rotatable bonds is 2. The van der Waals surface area contributed by atoms with Gasteiger partial charge < -0.3 is 0 Å². The van der Waals surface area contributed by atoms with Crippen LogP contribution in [0.4, 0.5) is 0 Å². The Labute approximate surface area is 95.8 Å². The zero-order valence-electron chi connectivity index (χ0n) is 6.89. The number of thioether (sulfide) groups is 1. The molecule has 0 radical (unpaired) electrons. The van der Waals surface area contributed by atoms with Crippen molar-refractivity contribution in [3.05, 3.63) is 0 Å². The normalized spacial score (nSPS) is 36.8. The Hall–Kier alpha value is 0.950. The Morgan fingerprint density at radius 2 is 2.08 bits per heavy atom. The topological polar surface area (TPSA) is 63.4 Å². The second-order valence-electron chi connectivity index (χ2n) is 3.39. The number of sulfonamides is 1. The first kappa shape index (κ1) is 10.5. The zero-order valence-corrected chi connectivity index (χ0v) is 10.7. The van der Waals surface area contributed by atoms with Gasteiger partial charge in [-0.1, -0.05) is 22.6 Å². The molecule has 2 rings (SSSR count). The lowest BCUT2D eigenvalue weighted by molar-refractivity contribution is 0.128. The highest BCUT2D eigenvalue weighted by atomic mass is 127. The highest BCUT2D eigenvalue weighted by Crippen LogP contribution is 2.36. The fourth-order valence-corrected chi connectivity index (χ4v) is 5.31. The number of nitrogens with zero attached hydrogens (tertiary/aromatic N) is 1. The molecule has 0 saturated carbocycles. The molecule has 2 fully saturated rings. The predicted molar refractivity (Wildman–Crippen MR) is 62.5 cm³/mol. The largest absolute Gasteiger partial charge is 0.284 e. The molecule has 0 aromatic carbocycles. The van der Waals surface area contributed by atoms with Crippen molar-refractivity contribution in [3.63, 3.8) is 0 Å². The van der Waals surface area contributed by atoms with Gasteiger partial charge in [-0.2, -0.15) is 11.8 Å². The van der Waals surface area contributed by atoms with Crippen LogP contribution in [0.15, 0.2) is 0 Å². The van der Waals surface area contributed by atoms with Gasteiger partial charge in [0.25, 0.3) is 0 Å². The summed E-state index contributed by atoms with van der Waals surface area (Å²) in [7, 11) is -3.32. The van der Waals surface area contributed by atoms with E-state index in [9.17, 15) is 8.42 Å². The molecule has 0 aliphatic carbocycles. The van der Waals surface area contributed by atoms with Crippen molar-refractivity contribution in [1.82, 2.24) is 4.90 Å². The van der Waals surface area contributed by atoms with Crippen molar-refractivity contribution in [3.8, 4) is 0 Å². The van der Waals surface area contributed by atoms with Crippen LogP contribution in [0, 0.1) is 0 Å². The van der Waals surface area contributed by atoms with E-state index >= 15 is 0 Å². The third kappa shape index (κ3) is 1.85. The molecule has 0 aromatic rings. The fourth-order valence-electron chi connectivity index (χ4n) is 1.50. The SMILES string of the molecule is NS(=O)(=O)C1CN(C2CSC2)C1I. The summed E-state index contributed by atoms with van der Waals surface area (Å²) in [5.74, 6) is 2.27. The summed E-state index contributed by atoms with van der Waals surface area (Å²) >= 11 is 4.08. The van der Waals surface area contributed by atoms with Crippen LogP contribution in [0.25, 0.3) is 0 Å². The second-order valence-corrected chi connectivity index (χ2v) is 7.52. The van der Waals surface area contributed by atoms with E-state index < -0.39 is 10.0 Å². The highest BCUT2D eigenvalue weighted by Gasteiger charge is 2.48. The molecule has 0 amide bonds. The zero-order chi connectivity index (χ0) is 9.64. The first-order valence-electron chi connectivity index (χ1n) is 3.99. The molecule has 2 heterocycles. The Bertz CT molecular complexity index is 304. The van der Waals surface area contributed by atoms with Gasteiger partial charge in [-0.15, -0.1) is 0 Å². The van der Waals surface area contributed by atoms with Gasteiger partial charge in [-0.25, -0.2) is 13.6 Å². The second kappa shape index (κ2) is 3.51. The first-order chi connectivity index (χ1) is 6.00. The molecule has 4 nitrogen and oxygen atoms in total. The third-order valence-electron chi connectivity index (χ3n) is 2.53. The van der Waals surface area contributed by atoms with E-state index in [1.54, 1.807) is 0 Å². The molecule has 76 valence electrons. The fraction of sp³-hybridized carbons (Fsp3) is 1.00. The van der Waals surface area contributed by atoms with Crippen LogP contribution in [-0.2, 0) is 10.0 Å². The smallest absolute Gasteiger partial charge is 0.215 e. The lowest BCUT2D eigenvalue weighted by atomic mass is 10.1. The number of alkyl halides is 1. The number of nitrogens with two attached hydrogens (primary N) is 1. The van der Waals surface area contributed by atoms with Gasteiger partial charge >= 0.3 is 0 Å². The van der Waals surface area contributed by atoms with Gasteiger partial charge in [0.1, 0.15) is 5.25 Å². The summed E-state index contributed by atoms with van der Waals surface area (Å²) in [6.07, 6.45) is 0. The number of hydrogen-bond acceptors (Lipinski definition) is 4. The van der Waals surface area contributed by atoms with Crippen molar-refractivity contribution in [2.24, 2.45) is 5.14 Å². The lowest BCUT2D eigenvalue weighted by Crippen LogP contribution is -2.66.